The smallest absolute Gasteiger partial charge is 0.289 e. The Morgan fingerprint density at radius 2 is 2.21 bits per heavy atom. The first-order valence-corrected chi connectivity index (χ1v) is 8.66. The van der Waals surface area contributed by atoms with Gasteiger partial charge in [0.15, 0.2) is 5.76 Å². The predicted octanol–water partition coefficient (Wildman–Crippen LogP) is 2.93. The zero-order valence-electron chi connectivity index (χ0n) is 13.6. The lowest BCUT2D eigenvalue weighted by Gasteiger charge is -2.28. The summed E-state index contributed by atoms with van der Waals surface area (Å²) in [6.07, 6.45) is 9.45. The average molecular weight is 326 g/mol. The third kappa shape index (κ3) is 3.36. The Morgan fingerprint density at radius 1 is 1.29 bits per heavy atom. The quantitative estimate of drug-likeness (QED) is 0.819. The molecule has 2 aromatic rings. The summed E-state index contributed by atoms with van der Waals surface area (Å²) in [5.41, 5.74) is 1.13. The standard InChI is InChI=1S/C19H22N2O3/c22-19(18-4-2-10-23-18)21-9-7-17(24-13-14-5-6-14)16(21)11-15-3-1-8-20-12-15/h1-4,8,10,12,14,16-17H,5-7,9,11,13H2/t16-,17-/m1/s1. The highest BCUT2D eigenvalue weighted by Crippen LogP contribution is 2.32. The Hall–Kier alpha value is -2.14. The second-order valence-corrected chi connectivity index (χ2v) is 6.71. The Kier molecular flexibility index (Phi) is 4.34. The highest BCUT2D eigenvalue weighted by Gasteiger charge is 2.39. The largest absolute Gasteiger partial charge is 0.459 e. The van der Waals surface area contributed by atoms with Crippen LogP contribution in [0.1, 0.15) is 35.4 Å². The summed E-state index contributed by atoms with van der Waals surface area (Å²) >= 11 is 0. The van der Waals surface area contributed by atoms with Crippen LogP contribution in [-0.2, 0) is 11.2 Å². The molecule has 2 atom stereocenters. The molecule has 0 aromatic carbocycles. The summed E-state index contributed by atoms with van der Waals surface area (Å²) < 4.78 is 11.5. The number of pyridine rings is 1. The van der Waals surface area contributed by atoms with Gasteiger partial charge in [-0.25, -0.2) is 0 Å². The van der Waals surface area contributed by atoms with Crippen LogP contribution in [0.2, 0.25) is 0 Å². The summed E-state index contributed by atoms with van der Waals surface area (Å²) in [5, 5.41) is 0. The van der Waals surface area contributed by atoms with Crippen molar-refractivity contribution in [2.45, 2.75) is 37.8 Å². The van der Waals surface area contributed by atoms with Crippen molar-refractivity contribution in [1.29, 1.82) is 0 Å². The molecule has 0 bridgehead atoms. The van der Waals surface area contributed by atoms with E-state index in [0.29, 0.717) is 12.3 Å². The second kappa shape index (κ2) is 6.77. The molecule has 2 aliphatic rings. The first kappa shape index (κ1) is 15.4. The van der Waals surface area contributed by atoms with Gasteiger partial charge in [-0.3, -0.25) is 9.78 Å². The van der Waals surface area contributed by atoms with Gasteiger partial charge in [-0.1, -0.05) is 6.07 Å². The third-order valence-corrected chi connectivity index (χ3v) is 4.89. The molecule has 0 radical (unpaired) electrons. The van der Waals surface area contributed by atoms with E-state index in [4.69, 9.17) is 9.15 Å². The summed E-state index contributed by atoms with van der Waals surface area (Å²) in [6.45, 7) is 1.52. The van der Waals surface area contributed by atoms with Crippen LogP contribution in [0.5, 0.6) is 0 Å². The number of rotatable bonds is 6. The zero-order chi connectivity index (χ0) is 16.4. The van der Waals surface area contributed by atoms with Gasteiger partial charge in [0.1, 0.15) is 0 Å². The molecule has 2 aromatic heterocycles. The van der Waals surface area contributed by atoms with E-state index in [9.17, 15) is 4.79 Å². The Bertz CT molecular complexity index is 667. The highest BCUT2D eigenvalue weighted by atomic mass is 16.5. The first-order chi connectivity index (χ1) is 11.8. The van der Waals surface area contributed by atoms with Gasteiger partial charge < -0.3 is 14.1 Å². The molecule has 0 N–H and O–H groups in total. The minimum atomic E-state index is -0.0496. The van der Waals surface area contributed by atoms with Crippen molar-refractivity contribution in [2.75, 3.05) is 13.2 Å². The molecule has 24 heavy (non-hydrogen) atoms. The summed E-state index contributed by atoms with van der Waals surface area (Å²) in [4.78, 5) is 18.9. The Morgan fingerprint density at radius 3 is 2.92 bits per heavy atom. The van der Waals surface area contributed by atoms with E-state index in [1.54, 1.807) is 24.6 Å². The molecule has 0 unspecified atom stereocenters. The number of aromatic nitrogens is 1. The topological polar surface area (TPSA) is 55.6 Å². The number of likely N-dealkylation sites (tertiary alicyclic amines) is 1. The summed E-state index contributed by atoms with van der Waals surface area (Å²) in [6, 6.07) is 7.50. The SMILES string of the molecule is O=C(c1ccco1)N1CC[C@@H](OCC2CC2)[C@H]1Cc1cccnc1. The minimum Gasteiger partial charge on any atom is -0.459 e. The van der Waals surface area contributed by atoms with E-state index >= 15 is 0 Å². The van der Waals surface area contributed by atoms with Gasteiger partial charge in [0.2, 0.25) is 0 Å². The maximum Gasteiger partial charge on any atom is 0.289 e. The zero-order valence-corrected chi connectivity index (χ0v) is 13.6. The molecule has 0 spiro atoms. The molecule has 1 aliphatic heterocycles. The fourth-order valence-corrected chi connectivity index (χ4v) is 3.36. The predicted molar refractivity (Wildman–Crippen MR) is 88.6 cm³/mol. The van der Waals surface area contributed by atoms with E-state index < -0.39 is 0 Å². The number of carbonyl (C=O) groups excluding carboxylic acids is 1. The van der Waals surface area contributed by atoms with Gasteiger partial charge in [-0.05, 0) is 55.4 Å². The summed E-state index contributed by atoms with van der Waals surface area (Å²) in [5.74, 6) is 1.07. The number of hydrogen-bond acceptors (Lipinski definition) is 4. The normalized spacial score (nSPS) is 23.6. The third-order valence-electron chi connectivity index (χ3n) is 4.89. The molecule has 4 rings (SSSR count). The van der Waals surface area contributed by atoms with Gasteiger partial charge in [-0.2, -0.15) is 0 Å². The van der Waals surface area contributed by atoms with E-state index in [1.165, 1.54) is 12.8 Å². The van der Waals surface area contributed by atoms with E-state index in [-0.39, 0.29) is 18.1 Å². The molecule has 2 fully saturated rings. The molecular weight excluding hydrogens is 304 g/mol. The van der Waals surface area contributed by atoms with Gasteiger partial charge in [0.25, 0.3) is 5.91 Å². The van der Waals surface area contributed by atoms with Crippen molar-refractivity contribution < 1.29 is 13.9 Å². The first-order valence-electron chi connectivity index (χ1n) is 8.66. The van der Waals surface area contributed by atoms with Gasteiger partial charge in [0.05, 0.1) is 18.4 Å². The van der Waals surface area contributed by atoms with Crippen molar-refractivity contribution in [2.24, 2.45) is 5.92 Å². The number of nitrogens with zero attached hydrogens (tertiary/aromatic N) is 2. The van der Waals surface area contributed by atoms with Gasteiger partial charge in [-0.15, -0.1) is 0 Å². The molecule has 1 amide bonds. The van der Waals surface area contributed by atoms with E-state index in [1.807, 2.05) is 17.2 Å². The van der Waals surface area contributed by atoms with E-state index in [0.717, 1.165) is 30.9 Å². The molecule has 3 heterocycles. The minimum absolute atomic E-state index is 0.0329. The van der Waals surface area contributed by atoms with Crippen molar-refractivity contribution in [3.63, 3.8) is 0 Å². The number of hydrogen-bond donors (Lipinski definition) is 0. The van der Waals surface area contributed by atoms with Crippen molar-refractivity contribution in [1.82, 2.24) is 9.88 Å². The van der Waals surface area contributed by atoms with E-state index in [2.05, 4.69) is 11.1 Å². The van der Waals surface area contributed by atoms with Crippen molar-refractivity contribution in [3.05, 3.63) is 54.2 Å². The number of amides is 1. The monoisotopic (exact) mass is 326 g/mol. The summed E-state index contributed by atoms with van der Waals surface area (Å²) in [7, 11) is 0. The van der Waals surface area contributed by atoms with Crippen LogP contribution in [0.25, 0.3) is 0 Å². The van der Waals surface area contributed by atoms with Gasteiger partial charge in [0, 0.05) is 25.5 Å². The average Bonchev–Trinajstić information content (AvgIpc) is 3.12. The molecule has 1 saturated carbocycles. The van der Waals surface area contributed by atoms with Crippen LogP contribution >= 0.6 is 0 Å². The number of ether oxygens (including phenoxy) is 1. The van der Waals surface area contributed by atoms with Crippen LogP contribution in [0.4, 0.5) is 0 Å². The lowest BCUT2D eigenvalue weighted by molar-refractivity contribution is 0.0192. The van der Waals surface area contributed by atoms with Crippen LogP contribution < -0.4 is 0 Å². The van der Waals surface area contributed by atoms with Gasteiger partial charge >= 0.3 is 0 Å². The molecule has 126 valence electrons. The maximum absolute atomic E-state index is 12.8. The molecule has 1 saturated heterocycles. The number of carbonyl (C=O) groups is 1. The Balaban J connectivity index is 1.51. The lowest BCUT2D eigenvalue weighted by atomic mass is 10.0. The second-order valence-electron chi connectivity index (χ2n) is 6.71. The van der Waals surface area contributed by atoms with Crippen LogP contribution in [-0.4, -0.2) is 41.1 Å². The fraction of sp³-hybridized carbons (Fsp3) is 0.474. The molecule has 5 nitrogen and oxygen atoms in total. The van der Waals surface area contributed by atoms with Crippen molar-refractivity contribution >= 4 is 5.91 Å². The van der Waals surface area contributed by atoms with Crippen LogP contribution in [0.3, 0.4) is 0 Å². The van der Waals surface area contributed by atoms with Crippen LogP contribution in [0.15, 0.2) is 47.3 Å². The lowest BCUT2D eigenvalue weighted by Crippen LogP contribution is -2.42. The number of furan rings is 1. The highest BCUT2D eigenvalue weighted by molar-refractivity contribution is 5.92. The molecule has 1 aliphatic carbocycles. The fourth-order valence-electron chi connectivity index (χ4n) is 3.36. The Labute approximate surface area is 141 Å². The van der Waals surface area contributed by atoms with Crippen LogP contribution in [0, 0.1) is 5.92 Å². The molecule has 5 heteroatoms. The molecular formula is C19H22N2O3. The van der Waals surface area contributed by atoms with Crippen molar-refractivity contribution in [3.8, 4) is 0 Å². The maximum atomic E-state index is 12.8.